The number of fused-ring (bicyclic) bond motifs is 1. The van der Waals surface area contributed by atoms with Gasteiger partial charge in [0.1, 0.15) is 10.6 Å². The first-order chi connectivity index (χ1) is 13.8. The summed E-state index contributed by atoms with van der Waals surface area (Å²) < 4.78 is 20.1. The van der Waals surface area contributed by atoms with Crippen LogP contribution in [0.15, 0.2) is 44.1 Å². The number of benzene rings is 1. The average Bonchev–Trinajstić information content (AvgIpc) is 3.34. The molecule has 1 unspecified atom stereocenters. The van der Waals surface area contributed by atoms with Crippen molar-refractivity contribution in [2.75, 3.05) is 0 Å². The minimum atomic E-state index is -0.311. The van der Waals surface area contributed by atoms with Gasteiger partial charge in [-0.25, -0.2) is 9.37 Å². The number of rotatable bonds is 5. The maximum Gasteiger partial charge on any atom is 0.263 e. The molecule has 4 rings (SSSR count). The van der Waals surface area contributed by atoms with Gasteiger partial charge in [0.15, 0.2) is 11.0 Å². The molecule has 29 heavy (non-hydrogen) atoms. The lowest BCUT2D eigenvalue weighted by molar-refractivity contribution is 0.373. The number of hydrogen-bond donors (Lipinski definition) is 0. The molecule has 0 aliphatic rings. The summed E-state index contributed by atoms with van der Waals surface area (Å²) in [5.74, 6) is 1.03. The van der Waals surface area contributed by atoms with Gasteiger partial charge in [0.2, 0.25) is 5.89 Å². The molecular formula is C20H19FN4O2S2. The third-order valence-corrected chi connectivity index (χ3v) is 6.54. The zero-order valence-corrected chi connectivity index (χ0v) is 18.0. The molecule has 4 aromatic rings. The molecule has 0 saturated heterocycles. The van der Waals surface area contributed by atoms with Crippen molar-refractivity contribution < 1.29 is 8.91 Å². The van der Waals surface area contributed by atoms with Gasteiger partial charge in [-0.3, -0.25) is 9.36 Å². The van der Waals surface area contributed by atoms with Gasteiger partial charge in [0.25, 0.3) is 5.56 Å². The Balaban J connectivity index is 1.70. The first-order valence-electron chi connectivity index (χ1n) is 9.09. The molecule has 3 aromatic heterocycles. The Morgan fingerprint density at radius 2 is 1.90 bits per heavy atom. The Hall–Kier alpha value is -2.52. The van der Waals surface area contributed by atoms with E-state index in [1.54, 1.807) is 19.2 Å². The van der Waals surface area contributed by atoms with Gasteiger partial charge < -0.3 is 4.52 Å². The molecule has 0 N–H and O–H groups in total. The van der Waals surface area contributed by atoms with Crippen LogP contribution >= 0.6 is 23.1 Å². The highest BCUT2D eigenvalue weighted by molar-refractivity contribution is 7.99. The standard InChI is InChI=1S/C20H19FN4O2S2/c1-10(2)16-22-17(27-24-16)11(3)29-20-23-18-15(19(26)25(20)4)14(9-28-18)12-5-7-13(21)8-6-12/h5-11H,1-4H3. The molecule has 3 heterocycles. The van der Waals surface area contributed by atoms with E-state index in [1.807, 2.05) is 26.2 Å². The first-order valence-corrected chi connectivity index (χ1v) is 10.9. The van der Waals surface area contributed by atoms with E-state index in [9.17, 15) is 9.18 Å². The van der Waals surface area contributed by atoms with Gasteiger partial charge >= 0.3 is 0 Å². The van der Waals surface area contributed by atoms with Crippen LogP contribution in [0.25, 0.3) is 21.3 Å². The van der Waals surface area contributed by atoms with Crippen LogP contribution in [0.3, 0.4) is 0 Å². The number of hydrogen-bond acceptors (Lipinski definition) is 7. The van der Waals surface area contributed by atoms with Crippen LogP contribution in [0.1, 0.15) is 43.7 Å². The van der Waals surface area contributed by atoms with Crippen LogP contribution in [0.5, 0.6) is 0 Å². The number of nitrogens with zero attached hydrogens (tertiary/aromatic N) is 4. The molecule has 0 radical (unpaired) electrons. The van der Waals surface area contributed by atoms with Crippen LogP contribution in [0, 0.1) is 5.82 Å². The molecule has 1 atom stereocenters. The maximum absolute atomic E-state index is 13.3. The minimum Gasteiger partial charge on any atom is -0.338 e. The van der Waals surface area contributed by atoms with Crippen molar-refractivity contribution in [3.63, 3.8) is 0 Å². The van der Waals surface area contributed by atoms with E-state index in [1.165, 1.54) is 39.8 Å². The highest BCUT2D eigenvalue weighted by Gasteiger charge is 2.21. The highest BCUT2D eigenvalue weighted by atomic mass is 32.2. The largest absolute Gasteiger partial charge is 0.338 e. The monoisotopic (exact) mass is 430 g/mol. The fourth-order valence-corrected chi connectivity index (χ4v) is 4.75. The number of thioether (sulfide) groups is 1. The van der Waals surface area contributed by atoms with Gasteiger partial charge in [-0.2, -0.15) is 4.98 Å². The number of thiophene rings is 1. The lowest BCUT2D eigenvalue weighted by Gasteiger charge is -2.10. The van der Waals surface area contributed by atoms with Crippen LogP contribution in [0.2, 0.25) is 0 Å². The third kappa shape index (κ3) is 3.72. The van der Waals surface area contributed by atoms with Crippen molar-refractivity contribution in [2.45, 2.75) is 37.1 Å². The SMILES string of the molecule is CC(C)c1noc(C(C)Sc2nc3scc(-c4ccc(F)cc4)c3c(=O)n2C)n1. The van der Waals surface area contributed by atoms with Crippen LogP contribution in [0.4, 0.5) is 4.39 Å². The summed E-state index contributed by atoms with van der Waals surface area (Å²) in [6, 6.07) is 6.11. The van der Waals surface area contributed by atoms with Gasteiger partial charge in [-0.1, -0.05) is 42.9 Å². The molecule has 0 fully saturated rings. The second-order valence-corrected chi connectivity index (χ2v) is 9.17. The van der Waals surface area contributed by atoms with Crippen molar-refractivity contribution in [3.8, 4) is 11.1 Å². The Morgan fingerprint density at radius 3 is 2.55 bits per heavy atom. The van der Waals surface area contributed by atoms with E-state index in [0.29, 0.717) is 27.1 Å². The highest BCUT2D eigenvalue weighted by Crippen LogP contribution is 2.36. The fraction of sp³-hybridized carbons (Fsp3) is 0.300. The molecular weight excluding hydrogens is 411 g/mol. The maximum atomic E-state index is 13.3. The number of halogens is 1. The molecule has 150 valence electrons. The summed E-state index contributed by atoms with van der Waals surface area (Å²) in [6.45, 7) is 5.94. The Bertz CT molecular complexity index is 1230. The quantitative estimate of drug-likeness (QED) is 0.322. The Labute approximate surface area is 174 Å². The second kappa shape index (κ2) is 7.72. The summed E-state index contributed by atoms with van der Waals surface area (Å²) in [7, 11) is 1.70. The van der Waals surface area contributed by atoms with Crippen molar-refractivity contribution in [1.29, 1.82) is 0 Å². The van der Waals surface area contributed by atoms with E-state index in [-0.39, 0.29) is 22.5 Å². The summed E-state index contributed by atoms with van der Waals surface area (Å²) in [5.41, 5.74) is 1.41. The molecule has 0 aliphatic heterocycles. The molecule has 0 aliphatic carbocycles. The molecule has 0 saturated carbocycles. The van der Waals surface area contributed by atoms with Crippen molar-refractivity contribution >= 4 is 33.3 Å². The third-order valence-electron chi connectivity index (χ3n) is 4.53. The smallest absolute Gasteiger partial charge is 0.263 e. The summed E-state index contributed by atoms with van der Waals surface area (Å²) in [6.07, 6.45) is 0. The van der Waals surface area contributed by atoms with E-state index in [2.05, 4.69) is 15.1 Å². The van der Waals surface area contributed by atoms with E-state index < -0.39 is 0 Å². The molecule has 1 aromatic carbocycles. The molecule has 0 amide bonds. The van der Waals surface area contributed by atoms with E-state index >= 15 is 0 Å². The zero-order valence-electron chi connectivity index (χ0n) is 16.3. The Morgan fingerprint density at radius 1 is 1.17 bits per heavy atom. The lowest BCUT2D eigenvalue weighted by atomic mass is 10.1. The zero-order chi connectivity index (χ0) is 20.7. The summed E-state index contributed by atoms with van der Waals surface area (Å²) in [4.78, 5) is 22.8. The Kier molecular flexibility index (Phi) is 5.26. The van der Waals surface area contributed by atoms with Crippen LogP contribution in [-0.4, -0.2) is 19.7 Å². The van der Waals surface area contributed by atoms with Crippen molar-refractivity contribution in [2.24, 2.45) is 7.05 Å². The van der Waals surface area contributed by atoms with E-state index in [4.69, 9.17) is 4.52 Å². The van der Waals surface area contributed by atoms with Gasteiger partial charge in [0.05, 0.1) is 10.6 Å². The van der Waals surface area contributed by atoms with Crippen LogP contribution in [-0.2, 0) is 7.05 Å². The molecule has 9 heteroatoms. The van der Waals surface area contributed by atoms with E-state index in [0.717, 1.165) is 11.1 Å². The average molecular weight is 431 g/mol. The van der Waals surface area contributed by atoms with Gasteiger partial charge in [-0.15, -0.1) is 11.3 Å². The fourth-order valence-electron chi connectivity index (χ4n) is 2.86. The first kappa shape index (κ1) is 19.8. The van der Waals surface area contributed by atoms with Gasteiger partial charge in [0, 0.05) is 23.9 Å². The lowest BCUT2D eigenvalue weighted by Crippen LogP contribution is -2.20. The van der Waals surface area contributed by atoms with Gasteiger partial charge in [-0.05, 0) is 24.6 Å². The molecule has 0 bridgehead atoms. The summed E-state index contributed by atoms with van der Waals surface area (Å²) in [5, 5.41) is 6.85. The normalized spacial score (nSPS) is 12.8. The predicted molar refractivity (Wildman–Crippen MR) is 113 cm³/mol. The molecule has 0 spiro atoms. The number of aromatic nitrogens is 4. The van der Waals surface area contributed by atoms with Crippen molar-refractivity contribution in [1.82, 2.24) is 19.7 Å². The summed E-state index contributed by atoms with van der Waals surface area (Å²) >= 11 is 2.80. The second-order valence-electron chi connectivity index (χ2n) is 7.00. The molecule has 6 nitrogen and oxygen atoms in total. The van der Waals surface area contributed by atoms with Crippen molar-refractivity contribution in [3.05, 3.63) is 57.5 Å². The topological polar surface area (TPSA) is 73.8 Å². The minimum absolute atomic E-state index is 0.140. The van der Waals surface area contributed by atoms with Crippen LogP contribution < -0.4 is 5.56 Å². The predicted octanol–water partition coefficient (Wildman–Crippen LogP) is 5.16.